The number of anilines is 2. The van der Waals surface area contributed by atoms with Crippen LogP contribution in [0.4, 0.5) is 11.4 Å². The van der Waals surface area contributed by atoms with Crippen molar-refractivity contribution >= 4 is 17.3 Å². The van der Waals surface area contributed by atoms with Crippen molar-refractivity contribution in [2.75, 3.05) is 23.8 Å². The van der Waals surface area contributed by atoms with E-state index in [-0.39, 0.29) is 11.9 Å². The zero-order valence-corrected chi connectivity index (χ0v) is 14.8. The SMILES string of the molecule is CC(C)c1ccc(N[C@H](C)C(=O)Nc2ccc3c(c2)OCCO3)cc1. The molecule has 25 heavy (non-hydrogen) atoms. The fourth-order valence-electron chi connectivity index (χ4n) is 2.65. The topological polar surface area (TPSA) is 59.6 Å². The number of hydrogen-bond donors (Lipinski definition) is 2. The molecule has 0 unspecified atom stereocenters. The maximum absolute atomic E-state index is 12.4. The van der Waals surface area contributed by atoms with Gasteiger partial charge in [-0.15, -0.1) is 0 Å². The van der Waals surface area contributed by atoms with E-state index in [4.69, 9.17) is 9.47 Å². The maximum Gasteiger partial charge on any atom is 0.246 e. The second kappa shape index (κ2) is 7.47. The average Bonchev–Trinajstić information content (AvgIpc) is 2.62. The Labute approximate surface area is 148 Å². The lowest BCUT2D eigenvalue weighted by Gasteiger charge is -2.20. The molecule has 0 aromatic heterocycles. The molecule has 1 amide bonds. The molecule has 1 atom stereocenters. The maximum atomic E-state index is 12.4. The van der Waals surface area contributed by atoms with E-state index in [1.54, 1.807) is 6.07 Å². The lowest BCUT2D eigenvalue weighted by molar-refractivity contribution is -0.116. The van der Waals surface area contributed by atoms with E-state index in [1.807, 2.05) is 31.2 Å². The van der Waals surface area contributed by atoms with E-state index in [2.05, 4.69) is 36.6 Å². The first-order chi connectivity index (χ1) is 12.0. The molecule has 132 valence electrons. The third-order valence-electron chi connectivity index (χ3n) is 4.16. The molecule has 0 aliphatic carbocycles. The van der Waals surface area contributed by atoms with Crippen LogP contribution in [0, 0.1) is 0 Å². The van der Waals surface area contributed by atoms with Crippen LogP contribution in [0.15, 0.2) is 42.5 Å². The van der Waals surface area contributed by atoms with Gasteiger partial charge in [-0.05, 0) is 42.7 Å². The minimum Gasteiger partial charge on any atom is -0.486 e. The summed E-state index contributed by atoms with van der Waals surface area (Å²) >= 11 is 0. The van der Waals surface area contributed by atoms with Crippen LogP contribution in [0.3, 0.4) is 0 Å². The Morgan fingerprint density at radius 1 is 0.920 bits per heavy atom. The summed E-state index contributed by atoms with van der Waals surface area (Å²) in [5.74, 6) is 1.75. The van der Waals surface area contributed by atoms with Crippen LogP contribution in [0.1, 0.15) is 32.3 Å². The summed E-state index contributed by atoms with van der Waals surface area (Å²) in [7, 11) is 0. The molecular formula is C20H24N2O3. The van der Waals surface area contributed by atoms with Gasteiger partial charge in [0.1, 0.15) is 19.3 Å². The zero-order valence-electron chi connectivity index (χ0n) is 14.8. The van der Waals surface area contributed by atoms with E-state index >= 15 is 0 Å². The number of benzene rings is 2. The number of amides is 1. The van der Waals surface area contributed by atoms with Gasteiger partial charge in [-0.1, -0.05) is 26.0 Å². The molecule has 0 radical (unpaired) electrons. The molecular weight excluding hydrogens is 316 g/mol. The number of hydrogen-bond acceptors (Lipinski definition) is 4. The number of carbonyl (C=O) groups is 1. The van der Waals surface area contributed by atoms with Gasteiger partial charge in [0, 0.05) is 17.4 Å². The van der Waals surface area contributed by atoms with Gasteiger partial charge in [0.2, 0.25) is 5.91 Å². The Hall–Kier alpha value is -2.69. The normalized spacial score (nSPS) is 14.1. The zero-order chi connectivity index (χ0) is 17.8. The molecule has 2 aromatic carbocycles. The Bertz CT molecular complexity index is 741. The highest BCUT2D eigenvalue weighted by Gasteiger charge is 2.16. The molecule has 1 aliphatic rings. The Balaban J connectivity index is 1.60. The largest absolute Gasteiger partial charge is 0.486 e. The molecule has 1 heterocycles. The van der Waals surface area contributed by atoms with Gasteiger partial charge in [-0.25, -0.2) is 0 Å². The third kappa shape index (κ3) is 4.24. The molecule has 5 heteroatoms. The first kappa shape index (κ1) is 17.1. The van der Waals surface area contributed by atoms with Crippen molar-refractivity contribution in [1.82, 2.24) is 0 Å². The van der Waals surface area contributed by atoms with Crippen molar-refractivity contribution in [3.63, 3.8) is 0 Å². The van der Waals surface area contributed by atoms with Crippen molar-refractivity contribution < 1.29 is 14.3 Å². The number of fused-ring (bicyclic) bond motifs is 1. The Morgan fingerprint density at radius 2 is 1.56 bits per heavy atom. The minimum absolute atomic E-state index is 0.107. The predicted octanol–water partition coefficient (Wildman–Crippen LogP) is 4.02. The molecule has 5 nitrogen and oxygen atoms in total. The minimum atomic E-state index is -0.363. The fourth-order valence-corrected chi connectivity index (χ4v) is 2.65. The van der Waals surface area contributed by atoms with Gasteiger partial charge >= 0.3 is 0 Å². The monoisotopic (exact) mass is 340 g/mol. The molecule has 0 spiro atoms. The van der Waals surface area contributed by atoms with Gasteiger partial charge in [-0.2, -0.15) is 0 Å². The van der Waals surface area contributed by atoms with Crippen LogP contribution >= 0.6 is 0 Å². The predicted molar refractivity (Wildman–Crippen MR) is 99.7 cm³/mol. The molecule has 2 aromatic rings. The second-order valence-electron chi connectivity index (χ2n) is 6.49. The van der Waals surface area contributed by atoms with E-state index in [0.717, 1.165) is 5.69 Å². The summed E-state index contributed by atoms with van der Waals surface area (Å²) in [6.45, 7) is 7.23. The molecule has 0 bridgehead atoms. The molecule has 0 fully saturated rings. The number of carbonyl (C=O) groups excluding carboxylic acids is 1. The number of nitrogens with one attached hydrogen (secondary N) is 2. The van der Waals surface area contributed by atoms with Gasteiger partial charge in [-0.3, -0.25) is 4.79 Å². The van der Waals surface area contributed by atoms with Crippen LogP contribution in [0.25, 0.3) is 0 Å². The van der Waals surface area contributed by atoms with Crippen molar-refractivity contribution in [3.8, 4) is 11.5 Å². The standard InChI is InChI=1S/C20H24N2O3/c1-13(2)15-4-6-16(7-5-15)21-14(3)20(23)22-17-8-9-18-19(12-17)25-11-10-24-18/h4-9,12-14,21H,10-11H2,1-3H3,(H,22,23)/t14-/m1/s1. The highest BCUT2D eigenvalue weighted by molar-refractivity contribution is 5.96. The lowest BCUT2D eigenvalue weighted by Crippen LogP contribution is -2.31. The van der Waals surface area contributed by atoms with E-state index < -0.39 is 0 Å². The van der Waals surface area contributed by atoms with Gasteiger partial charge < -0.3 is 20.1 Å². The van der Waals surface area contributed by atoms with Gasteiger partial charge in [0.15, 0.2) is 11.5 Å². The van der Waals surface area contributed by atoms with Crippen LogP contribution in [0.5, 0.6) is 11.5 Å². The lowest BCUT2D eigenvalue weighted by atomic mass is 10.0. The second-order valence-corrected chi connectivity index (χ2v) is 6.49. The molecule has 1 aliphatic heterocycles. The highest BCUT2D eigenvalue weighted by atomic mass is 16.6. The van der Waals surface area contributed by atoms with Crippen molar-refractivity contribution in [2.24, 2.45) is 0 Å². The summed E-state index contributed by atoms with van der Waals surface area (Å²) in [5, 5.41) is 6.13. The van der Waals surface area contributed by atoms with Crippen molar-refractivity contribution in [2.45, 2.75) is 32.7 Å². The van der Waals surface area contributed by atoms with Gasteiger partial charge in [0.25, 0.3) is 0 Å². The molecule has 2 N–H and O–H groups in total. The summed E-state index contributed by atoms with van der Waals surface area (Å²) in [6.07, 6.45) is 0. The summed E-state index contributed by atoms with van der Waals surface area (Å²) in [5.41, 5.74) is 2.89. The highest BCUT2D eigenvalue weighted by Crippen LogP contribution is 2.32. The van der Waals surface area contributed by atoms with Crippen molar-refractivity contribution in [1.29, 1.82) is 0 Å². The van der Waals surface area contributed by atoms with Gasteiger partial charge in [0.05, 0.1) is 0 Å². The summed E-state index contributed by atoms with van der Waals surface area (Å²) < 4.78 is 11.0. The molecule has 0 saturated carbocycles. The quantitative estimate of drug-likeness (QED) is 0.863. The van der Waals surface area contributed by atoms with Crippen LogP contribution in [-0.2, 0) is 4.79 Å². The molecule has 0 saturated heterocycles. The summed E-state index contributed by atoms with van der Waals surface area (Å²) in [4.78, 5) is 12.4. The van der Waals surface area contributed by atoms with Crippen LogP contribution in [0.2, 0.25) is 0 Å². The van der Waals surface area contributed by atoms with E-state index in [1.165, 1.54) is 5.56 Å². The first-order valence-electron chi connectivity index (χ1n) is 8.60. The summed E-state index contributed by atoms with van der Waals surface area (Å²) in [6, 6.07) is 13.2. The first-order valence-corrected chi connectivity index (χ1v) is 8.60. The number of rotatable bonds is 5. The fraction of sp³-hybridized carbons (Fsp3) is 0.350. The molecule has 3 rings (SSSR count). The Morgan fingerprint density at radius 3 is 2.24 bits per heavy atom. The Kier molecular flexibility index (Phi) is 5.12. The van der Waals surface area contributed by atoms with E-state index in [9.17, 15) is 4.79 Å². The average molecular weight is 340 g/mol. The van der Waals surface area contributed by atoms with E-state index in [0.29, 0.717) is 36.3 Å². The van der Waals surface area contributed by atoms with Crippen molar-refractivity contribution in [3.05, 3.63) is 48.0 Å². The van der Waals surface area contributed by atoms with Crippen LogP contribution < -0.4 is 20.1 Å². The van der Waals surface area contributed by atoms with Crippen LogP contribution in [-0.4, -0.2) is 25.2 Å². The smallest absolute Gasteiger partial charge is 0.246 e. The number of ether oxygens (including phenoxy) is 2. The third-order valence-corrected chi connectivity index (χ3v) is 4.16.